The van der Waals surface area contributed by atoms with Gasteiger partial charge >= 0.3 is 0 Å². The van der Waals surface area contributed by atoms with Gasteiger partial charge in [-0.3, -0.25) is 0 Å². The molecule has 0 fully saturated rings. The Balaban J connectivity index is 1.77. The minimum absolute atomic E-state index is 0.797. The zero-order valence-electron chi connectivity index (χ0n) is 13.7. The molecule has 0 radical (unpaired) electrons. The first-order valence-corrected chi connectivity index (χ1v) is 10.9. The topological polar surface area (TPSA) is 61.6 Å². The van der Waals surface area contributed by atoms with Crippen LogP contribution in [0.3, 0.4) is 0 Å². The van der Waals surface area contributed by atoms with Crippen LogP contribution in [0.5, 0.6) is 0 Å². The third kappa shape index (κ3) is 3.34. The van der Waals surface area contributed by atoms with Crippen LogP contribution in [-0.4, -0.2) is 16.2 Å². The Morgan fingerprint density at radius 3 is 2.72 bits per heavy atom. The van der Waals surface area contributed by atoms with Crippen LogP contribution < -0.4 is 5.32 Å². The highest BCUT2D eigenvalue weighted by atomic mass is 32.2. The highest BCUT2D eigenvalue weighted by molar-refractivity contribution is 8.03. The fraction of sp³-hybridized carbons (Fsp3) is 0.278. The molecule has 0 unspecified atom stereocenters. The lowest BCUT2D eigenvalue weighted by molar-refractivity contribution is 0.700. The maximum Gasteiger partial charge on any atom is 0.190 e. The van der Waals surface area contributed by atoms with Gasteiger partial charge in [0.05, 0.1) is 5.39 Å². The van der Waals surface area contributed by atoms with E-state index in [1.54, 1.807) is 11.8 Å². The van der Waals surface area contributed by atoms with E-state index in [4.69, 9.17) is 15.2 Å². The number of nitrogens with one attached hydrogen (secondary N) is 1. The lowest BCUT2D eigenvalue weighted by atomic mass is 9.97. The number of anilines is 2. The van der Waals surface area contributed by atoms with Gasteiger partial charge in [0, 0.05) is 15.5 Å². The van der Waals surface area contributed by atoms with Crippen LogP contribution in [0.4, 0.5) is 11.5 Å². The molecule has 1 aliphatic carbocycles. The molecule has 126 valence electrons. The van der Waals surface area contributed by atoms with Crippen molar-refractivity contribution in [3.8, 4) is 5.40 Å². The first kappa shape index (κ1) is 16.7. The molecule has 0 aliphatic heterocycles. The highest BCUT2D eigenvalue weighted by Crippen LogP contribution is 2.40. The fourth-order valence-electron chi connectivity index (χ4n) is 3.12. The van der Waals surface area contributed by atoms with Gasteiger partial charge < -0.3 is 5.32 Å². The Morgan fingerprint density at radius 2 is 1.96 bits per heavy atom. The summed E-state index contributed by atoms with van der Waals surface area (Å²) in [6, 6.07) is 7.89. The number of hydrogen-bond donors (Lipinski definition) is 1. The predicted molar refractivity (Wildman–Crippen MR) is 107 cm³/mol. The quantitative estimate of drug-likeness (QED) is 0.358. The number of aryl methyl sites for hydroxylation is 2. The Hall–Kier alpha value is -1.75. The number of nitrogens with zero attached hydrogens (tertiary/aromatic N) is 3. The molecule has 0 saturated carbocycles. The van der Waals surface area contributed by atoms with E-state index in [-0.39, 0.29) is 0 Å². The normalized spacial score (nSPS) is 13.4. The molecular weight excluding hydrogens is 368 g/mol. The Morgan fingerprint density at radius 1 is 1.16 bits per heavy atom. The van der Waals surface area contributed by atoms with Gasteiger partial charge in [-0.15, -0.1) is 11.3 Å². The molecule has 3 aromatic rings. The smallest absolute Gasteiger partial charge is 0.190 e. The fourth-order valence-corrected chi connectivity index (χ4v) is 5.18. The Labute approximate surface area is 159 Å². The van der Waals surface area contributed by atoms with Gasteiger partial charge in [0.25, 0.3) is 0 Å². The largest absolute Gasteiger partial charge is 0.340 e. The van der Waals surface area contributed by atoms with Crippen molar-refractivity contribution in [1.29, 1.82) is 5.26 Å². The van der Waals surface area contributed by atoms with Crippen LogP contribution in [0.2, 0.25) is 0 Å². The summed E-state index contributed by atoms with van der Waals surface area (Å²) in [5, 5.41) is 16.3. The van der Waals surface area contributed by atoms with Crippen LogP contribution in [0.25, 0.3) is 10.2 Å². The number of benzene rings is 1. The summed E-state index contributed by atoms with van der Waals surface area (Å²) in [6.07, 6.45) is 6.78. The average Bonchev–Trinajstić information content (AvgIpc) is 3.02. The monoisotopic (exact) mass is 384 g/mol. The molecule has 0 amide bonds. The molecule has 1 aliphatic rings. The van der Waals surface area contributed by atoms with Crippen LogP contribution >= 0.6 is 34.9 Å². The number of nitriles is 1. The van der Waals surface area contributed by atoms with Gasteiger partial charge in [0.15, 0.2) is 5.16 Å². The molecule has 0 atom stereocenters. The van der Waals surface area contributed by atoms with E-state index >= 15 is 0 Å². The van der Waals surface area contributed by atoms with Gasteiger partial charge in [-0.1, -0.05) is 11.8 Å². The van der Waals surface area contributed by atoms with Crippen molar-refractivity contribution in [2.24, 2.45) is 0 Å². The summed E-state index contributed by atoms with van der Waals surface area (Å²) in [5.74, 6) is 0.898. The van der Waals surface area contributed by atoms with E-state index in [2.05, 4.69) is 10.7 Å². The summed E-state index contributed by atoms with van der Waals surface area (Å²) >= 11 is 4.56. The summed E-state index contributed by atoms with van der Waals surface area (Å²) < 4.78 is 0. The van der Waals surface area contributed by atoms with Crippen molar-refractivity contribution in [3.05, 3.63) is 34.7 Å². The van der Waals surface area contributed by atoms with E-state index < -0.39 is 0 Å². The molecule has 2 aromatic heterocycles. The number of aromatic nitrogens is 2. The van der Waals surface area contributed by atoms with Gasteiger partial charge in [-0.05, 0) is 73.5 Å². The number of hydrogen-bond acceptors (Lipinski definition) is 7. The summed E-state index contributed by atoms with van der Waals surface area (Å²) in [4.78, 5) is 13.0. The second kappa shape index (κ2) is 7.24. The molecule has 1 N–H and O–H groups in total. The van der Waals surface area contributed by atoms with E-state index in [0.29, 0.717) is 0 Å². The van der Waals surface area contributed by atoms with Crippen LogP contribution in [0.1, 0.15) is 23.3 Å². The SMILES string of the molecule is CSc1nc(Nc2ccc(SC#N)cc2)c2c3c(sc2n1)CCCC3. The molecule has 2 heterocycles. The molecule has 0 saturated heterocycles. The van der Waals surface area contributed by atoms with Crippen LogP contribution in [0.15, 0.2) is 34.3 Å². The molecule has 0 bridgehead atoms. The Bertz CT molecular complexity index is 957. The van der Waals surface area contributed by atoms with Crippen molar-refractivity contribution < 1.29 is 0 Å². The van der Waals surface area contributed by atoms with Crippen LogP contribution in [0, 0.1) is 10.7 Å². The zero-order valence-corrected chi connectivity index (χ0v) is 16.2. The molecule has 25 heavy (non-hydrogen) atoms. The third-order valence-corrected chi connectivity index (χ3v) is 6.59. The van der Waals surface area contributed by atoms with E-state index in [1.165, 1.54) is 40.4 Å². The summed E-state index contributed by atoms with van der Waals surface area (Å²) in [7, 11) is 0. The van der Waals surface area contributed by atoms with E-state index in [9.17, 15) is 0 Å². The van der Waals surface area contributed by atoms with E-state index in [1.807, 2.05) is 41.9 Å². The lowest BCUT2D eigenvalue weighted by Gasteiger charge is -2.13. The van der Waals surface area contributed by atoms with E-state index in [0.717, 1.165) is 39.2 Å². The van der Waals surface area contributed by atoms with Gasteiger partial charge in [-0.25, -0.2) is 9.97 Å². The Kier molecular flexibility index (Phi) is 4.84. The van der Waals surface area contributed by atoms with Crippen molar-refractivity contribution in [3.63, 3.8) is 0 Å². The number of thiocyanates is 1. The highest BCUT2D eigenvalue weighted by Gasteiger charge is 2.21. The number of rotatable bonds is 4. The average molecular weight is 385 g/mol. The van der Waals surface area contributed by atoms with Gasteiger partial charge in [0.1, 0.15) is 16.0 Å². The maximum absolute atomic E-state index is 8.77. The predicted octanol–water partition coefficient (Wildman–Crippen LogP) is 5.61. The minimum Gasteiger partial charge on any atom is -0.340 e. The molecule has 1 aromatic carbocycles. The molecule has 7 heteroatoms. The third-order valence-electron chi connectivity index (χ3n) is 4.26. The molecular formula is C18H16N4S3. The lowest BCUT2D eigenvalue weighted by Crippen LogP contribution is -2.02. The standard InChI is InChI=1S/C18H16N4S3/c1-23-18-21-16(20-11-6-8-12(9-7-11)24-10-19)15-13-4-2-3-5-14(13)25-17(15)22-18/h6-9H,2-5H2,1H3,(H,20,21,22). The minimum atomic E-state index is 0.797. The van der Waals surface area contributed by atoms with Crippen LogP contribution in [-0.2, 0) is 12.8 Å². The number of fused-ring (bicyclic) bond motifs is 3. The van der Waals surface area contributed by atoms with Crippen molar-refractivity contribution >= 4 is 56.6 Å². The van der Waals surface area contributed by atoms with Crippen molar-refractivity contribution in [1.82, 2.24) is 9.97 Å². The van der Waals surface area contributed by atoms with Crippen molar-refractivity contribution in [2.45, 2.75) is 35.7 Å². The second-order valence-electron chi connectivity index (χ2n) is 5.79. The van der Waals surface area contributed by atoms with Gasteiger partial charge in [0.2, 0.25) is 0 Å². The number of thiophene rings is 1. The molecule has 0 spiro atoms. The summed E-state index contributed by atoms with van der Waals surface area (Å²) in [5.41, 5.74) is 2.41. The first-order valence-electron chi connectivity index (χ1n) is 8.08. The first-order chi connectivity index (χ1) is 12.3. The van der Waals surface area contributed by atoms with Gasteiger partial charge in [-0.2, -0.15) is 5.26 Å². The molecule has 4 rings (SSSR count). The second-order valence-corrected chi connectivity index (χ2v) is 8.51. The molecule has 4 nitrogen and oxygen atoms in total. The zero-order chi connectivity index (χ0) is 17.2. The van der Waals surface area contributed by atoms with Crippen molar-refractivity contribution in [2.75, 3.05) is 11.6 Å². The maximum atomic E-state index is 8.77. The summed E-state index contributed by atoms with van der Waals surface area (Å²) in [6.45, 7) is 0. The number of thioether (sulfide) groups is 2.